The third-order valence-corrected chi connectivity index (χ3v) is 2.10. The van der Waals surface area contributed by atoms with Crippen LogP contribution in [0.3, 0.4) is 0 Å². The van der Waals surface area contributed by atoms with E-state index in [1.54, 1.807) is 11.8 Å². The number of hydrogen-bond acceptors (Lipinski definition) is 5. The molecule has 1 N–H and O–H groups in total. The summed E-state index contributed by atoms with van der Waals surface area (Å²) in [5.41, 5.74) is 0.864. The van der Waals surface area contributed by atoms with Gasteiger partial charge in [-0.15, -0.1) is 0 Å². The van der Waals surface area contributed by atoms with Crippen LogP contribution in [0.1, 0.15) is 6.92 Å². The minimum Gasteiger partial charge on any atom is -0.465 e. The number of ether oxygens (including phenoxy) is 1. The van der Waals surface area contributed by atoms with E-state index in [4.69, 9.17) is 10.00 Å². The van der Waals surface area contributed by atoms with Gasteiger partial charge in [-0.05, 0) is 19.1 Å². The second-order valence-electron chi connectivity index (χ2n) is 3.29. The number of hydrogen-bond donors (Lipinski definition) is 1. The fourth-order valence-corrected chi connectivity index (χ4v) is 1.37. The number of esters is 1. The first-order valence-electron chi connectivity index (χ1n) is 5.35. The molecule has 0 heterocycles. The van der Waals surface area contributed by atoms with Gasteiger partial charge < -0.3 is 15.0 Å². The average Bonchev–Trinajstić information content (AvgIpc) is 2.36. The quantitative estimate of drug-likeness (QED) is 0.345. The minimum absolute atomic E-state index is 0.118. The van der Waals surface area contributed by atoms with E-state index in [1.165, 1.54) is 0 Å². The van der Waals surface area contributed by atoms with Gasteiger partial charge in [0.2, 0.25) is 0 Å². The lowest BCUT2D eigenvalue weighted by molar-refractivity contribution is -0.141. The normalized spacial score (nSPS) is 9.18. The number of nitriles is 1. The molecule has 0 unspecified atom stereocenters. The highest BCUT2D eigenvalue weighted by Gasteiger charge is 2.11. The molecule has 0 saturated heterocycles. The Morgan fingerprint density at radius 1 is 1.47 bits per heavy atom. The van der Waals surface area contributed by atoms with E-state index >= 15 is 0 Å². The van der Waals surface area contributed by atoms with Crippen LogP contribution in [0.25, 0.3) is 0 Å². The summed E-state index contributed by atoms with van der Waals surface area (Å²) >= 11 is 0. The molecule has 0 aromatic heterocycles. The molecule has 90 valence electrons. The molecule has 1 rings (SSSR count). The Bertz CT molecular complexity index is 386. The van der Waals surface area contributed by atoms with E-state index in [9.17, 15) is 4.79 Å². The zero-order chi connectivity index (χ0) is 12.5. The third-order valence-electron chi connectivity index (χ3n) is 2.10. The topological polar surface area (TPSA) is 65.4 Å². The van der Waals surface area contributed by atoms with Crippen LogP contribution in [-0.2, 0) is 9.53 Å². The summed E-state index contributed by atoms with van der Waals surface area (Å²) < 4.78 is 4.88. The standard InChI is InChI=1S/C12H15N3O2/c1-2-17-12(16)8-15(10-14-9-13)11-6-4-3-5-7-11/h3-7,14H,2,8,10H2,1H3. The lowest BCUT2D eigenvalue weighted by atomic mass is 10.3. The van der Waals surface area contributed by atoms with Crippen LogP contribution in [-0.4, -0.2) is 25.8 Å². The number of anilines is 1. The molecule has 0 aliphatic heterocycles. The van der Waals surface area contributed by atoms with E-state index in [0.717, 1.165) is 5.69 Å². The maximum Gasteiger partial charge on any atom is 0.325 e. The summed E-state index contributed by atoms with van der Waals surface area (Å²) in [6, 6.07) is 9.39. The highest BCUT2D eigenvalue weighted by atomic mass is 16.5. The van der Waals surface area contributed by atoms with Crippen LogP contribution < -0.4 is 10.2 Å². The number of carbonyl (C=O) groups is 1. The van der Waals surface area contributed by atoms with Crippen molar-refractivity contribution in [3.05, 3.63) is 30.3 Å². The van der Waals surface area contributed by atoms with Gasteiger partial charge in [-0.3, -0.25) is 4.79 Å². The SMILES string of the molecule is CCOC(=O)CN(CNC#N)c1ccccc1. The van der Waals surface area contributed by atoms with Crippen LogP contribution in [0, 0.1) is 11.5 Å². The van der Waals surface area contributed by atoms with Crippen LogP contribution in [0.15, 0.2) is 30.3 Å². The van der Waals surface area contributed by atoms with Gasteiger partial charge in [0.1, 0.15) is 6.54 Å². The zero-order valence-electron chi connectivity index (χ0n) is 9.72. The first-order valence-corrected chi connectivity index (χ1v) is 5.35. The van der Waals surface area contributed by atoms with Crippen LogP contribution in [0.2, 0.25) is 0 Å². The molecule has 0 saturated carbocycles. The second-order valence-corrected chi connectivity index (χ2v) is 3.29. The Balaban J connectivity index is 2.67. The molecule has 0 fully saturated rings. The molecule has 17 heavy (non-hydrogen) atoms. The van der Waals surface area contributed by atoms with Crippen molar-refractivity contribution in [1.29, 1.82) is 5.26 Å². The molecule has 0 atom stereocenters. The largest absolute Gasteiger partial charge is 0.465 e. The Labute approximate surface area is 101 Å². The van der Waals surface area contributed by atoms with Gasteiger partial charge in [-0.2, -0.15) is 5.26 Å². The Kier molecular flexibility index (Phi) is 5.38. The molecule has 0 aliphatic carbocycles. The number of benzene rings is 1. The lowest BCUT2D eigenvalue weighted by Crippen LogP contribution is -2.37. The molecule has 5 heteroatoms. The summed E-state index contributed by atoms with van der Waals surface area (Å²) in [5, 5.41) is 11.0. The Hall–Kier alpha value is -2.22. The molecular weight excluding hydrogens is 218 g/mol. The van der Waals surface area contributed by atoms with Gasteiger partial charge in [0.15, 0.2) is 6.19 Å². The smallest absolute Gasteiger partial charge is 0.325 e. The van der Waals surface area contributed by atoms with E-state index in [-0.39, 0.29) is 19.2 Å². The lowest BCUT2D eigenvalue weighted by Gasteiger charge is -2.22. The predicted octanol–water partition coefficient (Wildman–Crippen LogP) is 1.08. The van der Waals surface area contributed by atoms with E-state index in [2.05, 4.69) is 5.32 Å². The molecule has 0 radical (unpaired) electrons. The maximum atomic E-state index is 11.4. The highest BCUT2D eigenvalue weighted by molar-refractivity contribution is 5.75. The third kappa shape index (κ3) is 4.43. The summed E-state index contributed by atoms with van der Waals surface area (Å²) in [7, 11) is 0. The van der Waals surface area contributed by atoms with Gasteiger partial charge in [0.05, 0.1) is 13.3 Å². The van der Waals surface area contributed by atoms with Gasteiger partial charge >= 0.3 is 5.97 Å². The maximum absolute atomic E-state index is 11.4. The van der Waals surface area contributed by atoms with Crippen LogP contribution in [0.5, 0.6) is 0 Å². The summed E-state index contributed by atoms with van der Waals surface area (Å²) in [5.74, 6) is -0.309. The number of carbonyl (C=O) groups excluding carboxylic acids is 1. The van der Waals surface area contributed by atoms with Crippen LogP contribution in [0.4, 0.5) is 5.69 Å². The van der Waals surface area contributed by atoms with Crippen molar-refractivity contribution >= 4 is 11.7 Å². The summed E-state index contributed by atoms with van der Waals surface area (Å²) in [6.07, 6.45) is 1.83. The Morgan fingerprint density at radius 2 is 2.18 bits per heavy atom. The Morgan fingerprint density at radius 3 is 2.76 bits per heavy atom. The van der Waals surface area contributed by atoms with E-state index in [0.29, 0.717) is 6.61 Å². The first kappa shape index (κ1) is 12.8. The van der Waals surface area contributed by atoms with Crippen molar-refractivity contribution in [2.24, 2.45) is 0 Å². The van der Waals surface area contributed by atoms with Gasteiger partial charge in [0.25, 0.3) is 0 Å². The molecule has 1 aromatic rings. The molecule has 5 nitrogen and oxygen atoms in total. The van der Waals surface area contributed by atoms with Gasteiger partial charge in [-0.1, -0.05) is 18.2 Å². The molecule has 1 aromatic carbocycles. The molecule has 0 amide bonds. The number of nitrogens with zero attached hydrogens (tertiary/aromatic N) is 2. The van der Waals surface area contributed by atoms with Crippen molar-refractivity contribution < 1.29 is 9.53 Å². The van der Waals surface area contributed by atoms with Crippen molar-refractivity contribution in [1.82, 2.24) is 5.32 Å². The van der Waals surface area contributed by atoms with Crippen molar-refractivity contribution in [2.45, 2.75) is 6.92 Å². The second kappa shape index (κ2) is 7.12. The fraction of sp³-hybridized carbons (Fsp3) is 0.333. The molecule has 0 spiro atoms. The number of para-hydroxylation sites is 1. The van der Waals surface area contributed by atoms with Crippen LogP contribution >= 0.6 is 0 Å². The first-order chi connectivity index (χ1) is 8.27. The predicted molar refractivity (Wildman–Crippen MR) is 64.0 cm³/mol. The molecule has 0 bridgehead atoms. The summed E-state index contributed by atoms with van der Waals surface area (Å²) in [6.45, 7) is 2.51. The average molecular weight is 233 g/mol. The monoisotopic (exact) mass is 233 g/mol. The highest BCUT2D eigenvalue weighted by Crippen LogP contribution is 2.11. The zero-order valence-corrected chi connectivity index (χ0v) is 9.72. The summed E-state index contributed by atoms with van der Waals surface area (Å²) in [4.78, 5) is 13.2. The molecule has 0 aliphatic rings. The fourth-order valence-electron chi connectivity index (χ4n) is 1.37. The van der Waals surface area contributed by atoms with Gasteiger partial charge in [-0.25, -0.2) is 0 Å². The van der Waals surface area contributed by atoms with Crippen molar-refractivity contribution in [2.75, 3.05) is 24.7 Å². The van der Waals surface area contributed by atoms with E-state index in [1.807, 2.05) is 36.5 Å². The van der Waals surface area contributed by atoms with Crippen molar-refractivity contribution in [3.8, 4) is 6.19 Å². The number of nitrogens with one attached hydrogen (secondary N) is 1. The van der Waals surface area contributed by atoms with Crippen molar-refractivity contribution in [3.63, 3.8) is 0 Å². The molecular formula is C12H15N3O2. The van der Waals surface area contributed by atoms with E-state index < -0.39 is 0 Å². The van der Waals surface area contributed by atoms with Gasteiger partial charge in [0, 0.05) is 5.69 Å². The number of rotatable bonds is 6. The minimum atomic E-state index is -0.309.